The molecule has 5 heteroatoms. The molecule has 0 radical (unpaired) electrons. The molecule has 1 aliphatic heterocycles. The van der Waals surface area contributed by atoms with Crippen LogP contribution >= 0.6 is 0 Å². The lowest BCUT2D eigenvalue weighted by atomic mass is 10.2. The Kier molecular flexibility index (Phi) is 4.24. The summed E-state index contributed by atoms with van der Waals surface area (Å²) in [5.41, 5.74) is 1.68. The van der Waals surface area contributed by atoms with Gasteiger partial charge in [-0.25, -0.2) is 0 Å². The summed E-state index contributed by atoms with van der Waals surface area (Å²) in [6, 6.07) is 2.59. The molecule has 2 rings (SSSR count). The summed E-state index contributed by atoms with van der Waals surface area (Å²) in [6.45, 7) is 11.2. The Bertz CT molecular complexity index is 450. The first-order valence-corrected chi connectivity index (χ1v) is 7.09. The van der Waals surface area contributed by atoms with Crippen LogP contribution in [-0.4, -0.2) is 39.2 Å². The minimum Gasteiger partial charge on any atom is -0.348 e. The van der Waals surface area contributed by atoms with Gasteiger partial charge in [0.2, 0.25) is 0 Å². The van der Waals surface area contributed by atoms with Crippen LogP contribution < -0.4 is 5.32 Å². The smallest absolute Gasteiger partial charge is 0.271 e. The Labute approximate surface area is 115 Å². The summed E-state index contributed by atoms with van der Waals surface area (Å²) in [5.74, 6) is -0.0772. The topological polar surface area (TPSA) is 50.2 Å². The van der Waals surface area contributed by atoms with Gasteiger partial charge in [0.1, 0.15) is 5.69 Å². The first-order chi connectivity index (χ1) is 8.97. The predicted molar refractivity (Wildman–Crippen MR) is 75.0 cm³/mol. The number of rotatable bonds is 3. The molecule has 2 heterocycles. The minimum atomic E-state index is -0.0772. The predicted octanol–water partition coefficient (Wildman–Crippen LogP) is 1.64. The van der Waals surface area contributed by atoms with Crippen LogP contribution in [0.5, 0.6) is 0 Å². The fourth-order valence-corrected chi connectivity index (χ4v) is 2.37. The SMILES string of the molecule is CC(C)NC(=O)c1cc2n(n1)CCCN(C(C)C)C2. The van der Waals surface area contributed by atoms with Crippen LogP contribution in [0.4, 0.5) is 0 Å². The Morgan fingerprint density at radius 2 is 2.05 bits per heavy atom. The van der Waals surface area contributed by atoms with E-state index in [0.717, 1.165) is 31.7 Å². The number of aryl methyl sites for hydroxylation is 1. The van der Waals surface area contributed by atoms with E-state index in [0.29, 0.717) is 11.7 Å². The summed E-state index contributed by atoms with van der Waals surface area (Å²) < 4.78 is 1.98. The molecule has 0 aromatic carbocycles. The van der Waals surface area contributed by atoms with E-state index >= 15 is 0 Å². The van der Waals surface area contributed by atoms with Gasteiger partial charge in [-0.15, -0.1) is 0 Å². The molecule has 0 atom stereocenters. The first-order valence-electron chi connectivity index (χ1n) is 7.09. The number of hydrogen-bond acceptors (Lipinski definition) is 3. The lowest BCUT2D eigenvalue weighted by Crippen LogP contribution is -2.31. The third-order valence-corrected chi connectivity index (χ3v) is 3.43. The highest BCUT2D eigenvalue weighted by atomic mass is 16.2. The monoisotopic (exact) mass is 264 g/mol. The van der Waals surface area contributed by atoms with Gasteiger partial charge in [-0.1, -0.05) is 0 Å². The van der Waals surface area contributed by atoms with Crippen molar-refractivity contribution in [2.75, 3.05) is 6.54 Å². The van der Waals surface area contributed by atoms with Crippen molar-refractivity contribution in [3.05, 3.63) is 17.5 Å². The number of nitrogens with one attached hydrogen (secondary N) is 1. The molecule has 0 unspecified atom stereocenters. The molecule has 5 nitrogen and oxygen atoms in total. The van der Waals surface area contributed by atoms with Gasteiger partial charge in [-0.05, 0) is 40.2 Å². The quantitative estimate of drug-likeness (QED) is 0.903. The van der Waals surface area contributed by atoms with E-state index in [9.17, 15) is 4.79 Å². The number of hydrogen-bond donors (Lipinski definition) is 1. The third kappa shape index (κ3) is 3.35. The molecule has 0 spiro atoms. The van der Waals surface area contributed by atoms with Crippen LogP contribution in [0.15, 0.2) is 6.07 Å². The average Bonchev–Trinajstić information content (AvgIpc) is 2.60. The summed E-state index contributed by atoms with van der Waals surface area (Å²) in [4.78, 5) is 14.4. The molecule has 106 valence electrons. The van der Waals surface area contributed by atoms with Crippen LogP contribution in [0.1, 0.15) is 50.3 Å². The van der Waals surface area contributed by atoms with Gasteiger partial charge < -0.3 is 5.32 Å². The number of carbonyl (C=O) groups is 1. The highest BCUT2D eigenvalue weighted by Gasteiger charge is 2.20. The van der Waals surface area contributed by atoms with Gasteiger partial charge in [0.15, 0.2) is 0 Å². The van der Waals surface area contributed by atoms with Crippen LogP contribution in [0.3, 0.4) is 0 Å². The van der Waals surface area contributed by atoms with Crippen molar-refractivity contribution < 1.29 is 4.79 Å². The van der Waals surface area contributed by atoms with E-state index in [2.05, 4.69) is 29.2 Å². The number of nitrogens with zero attached hydrogens (tertiary/aromatic N) is 3. The summed E-state index contributed by atoms with van der Waals surface area (Å²) >= 11 is 0. The van der Waals surface area contributed by atoms with Gasteiger partial charge in [0, 0.05) is 31.7 Å². The molecule has 1 N–H and O–H groups in total. The van der Waals surface area contributed by atoms with Crippen LogP contribution in [0.2, 0.25) is 0 Å². The van der Waals surface area contributed by atoms with Crippen molar-refractivity contribution >= 4 is 5.91 Å². The highest BCUT2D eigenvalue weighted by molar-refractivity contribution is 5.92. The van der Waals surface area contributed by atoms with Gasteiger partial charge >= 0.3 is 0 Å². The summed E-state index contributed by atoms with van der Waals surface area (Å²) in [6.07, 6.45) is 1.08. The Morgan fingerprint density at radius 1 is 1.32 bits per heavy atom. The zero-order chi connectivity index (χ0) is 14.0. The van der Waals surface area contributed by atoms with Crippen molar-refractivity contribution in [1.29, 1.82) is 0 Å². The lowest BCUT2D eigenvalue weighted by molar-refractivity contribution is 0.0937. The number of carbonyl (C=O) groups excluding carboxylic acids is 1. The van der Waals surface area contributed by atoms with E-state index in [1.165, 1.54) is 0 Å². The highest BCUT2D eigenvalue weighted by Crippen LogP contribution is 2.15. The second kappa shape index (κ2) is 5.74. The molecule has 0 saturated heterocycles. The Morgan fingerprint density at radius 3 is 2.68 bits per heavy atom. The fourth-order valence-electron chi connectivity index (χ4n) is 2.37. The van der Waals surface area contributed by atoms with E-state index in [1.807, 2.05) is 24.6 Å². The molecule has 1 amide bonds. The van der Waals surface area contributed by atoms with Crippen molar-refractivity contribution in [3.8, 4) is 0 Å². The molecule has 0 saturated carbocycles. The fraction of sp³-hybridized carbons (Fsp3) is 0.714. The van der Waals surface area contributed by atoms with Crippen LogP contribution in [-0.2, 0) is 13.1 Å². The van der Waals surface area contributed by atoms with Gasteiger partial charge in [-0.2, -0.15) is 5.10 Å². The number of fused-ring (bicyclic) bond motifs is 1. The van der Waals surface area contributed by atoms with E-state index in [4.69, 9.17) is 0 Å². The van der Waals surface area contributed by atoms with Gasteiger partial charge in [0.05, 0.1) is 5.69 Å². The minimum absolute atomic E-state index is 0.0772. The summed E-state index contributed by atoms with van der Waals surface area (Å²) in [5, 5.41) is 7.32. The second-order valence-corrected chi connectivity index (χ2v) is 5.79. The lowest BCUT2D eigenvalue weighted by Gasteiger charge is -2.23. The number of amides is 1. The zero-order valence-corrected chi connectivity index (χ0v) is 12.3. The van der Waals surface area contributed by atoms with Crippen LogP contribution in [0, 0.1) is 0 Å². The van der Waals surface area contributed by atoms with Gasteiger partial charge in [-0.3, -0.25) is 14.4 Å². The normalized spacial score (nSPS) is 16.5. The second-order valence-electron chi connectivity index (χ2n) is 5.79. The molecule has 1 aromatic rings. The van der Waals surface area contributed by atoms with Crippen molar-refractivity contribution in [3.63, 3.8) is 0 Å². The van der Waals surface area contributed by atoms with E-state index in [1.54, 1.807) is 0 Å². The molecule has 19 heavy (non-hydrogen) atoms. The average molecular weight is 264 g/mol. The number of aromatic nitrogens is 2. The third-order valence-electron chi connectivity index (χ3n) is 3.43. The van der Waals surface area contributed by atoms with Crippen molar-refractivity contribution in [2.24, 2.45) is 0 Å². The van der Waals surface area contributed by atoms with Gasteiger partial charge in [0.25, 0.3) is 5.91 Å². The van der Waals surface area contributed by atoms with Crippen molar-refractivity contribution in [2.45, 2.75) is 59.3 Å². The molecular weight excluding hydrogens is 240 g/mol. The largest absolute Gasteiger partial charge is 0.348 e. The van der Waals surface area contributed by atoms with Crippen molar-refractivity contribution in [1.82, 2.24) is 20.0 Å². The van der Waals surface area contributed by atoms with Crippen LogP contribution in [0.25, 0.3) is 0 Å². The molecule has 0 bridgehead atoms. The van der Waals surface area contributed by atoms with E-state index < -0.39 is 0 Å². The molecule has 0 aliphatic carbocycles. The maximum atomic E-state index is 12.0. The molecular formula is C14H24N4O. The summed E-state index contributed by atoms with van der Waals surface area (Å²) in [7, 11) is 0. The first kappa shape index (κ1) is 14.1. The Hall–Kier alpha value is -1.36. The zero-order valence-electron chi connectivity index (χ0n) is 12.3. The maximum absolute atomic E-state index is 12.0. The standard InChI is InChI=1S/C14H24N4O/c1-10(2)15-14(19)13-8-12-9-17(11(3)4)6-5-7-18(12)16-13/h8,10-11H,5-7,9H2,1-4H3,(H,15,19). The molecule has 0 fully saturated rings. The molecule has 1 aromatic heterocycles. The molecule has 1 aliphatic rings. The Balaban J connectivity index is 2.16. The maximum Gasteiger partial charge on any atom is 0.271 e. The van der Waals surface area contributed by atoms with E-state index in [-0.39, 0.29) is 11.9 Å².